The van der Waals surface area contributed by atoms with Crippen molar-refractivity contribution in [2.45, 2.75) is 12.5 Å². The summed E-state index contributed by atoms with van der Waals surface area (Å²) in [5, 5.41) is 13.1. The van der Waals surface area contributed by atoms with Crippen molar-refractivity contribution in [1.82, 2.24) is 5.32 Å². The fraction of sp³-hybridized carbons (Fsp3) is 0.150. The summed E-state index contributed by atoms with van der Waals surface area (Å²) in [5.74, 6) is -0.722. The standard InChI is InChI=1S/C20H17N3O7S.ClH/c1-29-19(25)14(21)8-11-2-5-13(6-3-11)30-16-7-4-12(9-15(16)23(27)28)10-17-18(24)22-20(26)31-17;/h2-7,9-10,14H,8,21H2,1H3,(H,22,24,26);1H/b17-10+;/t14-;/m0./s1. The van der Waals surface area contributed by atoms with Gasteiger partial charge >= 0.3 is 11.7 Å². The average Bonchev–Trinajstić information content (AvgIpc) is 3.06. The van der Waals surface area contributed by atoms with Gasteiger partial charge in [0.25, 0.3) is 11.1 Å². The number of methoxy groups -OCH3 is 1. The van der Waals surface area contributed by atoms with Crippen LogP contribution in [0.5, 0.6) is 11.5 Å². The third-order valence-electron chi connectivity index (χ3n) is 4.23. The molecule has 1 saturated heterocycles. The zero-order chi connectivity index (χ0) is 22.5. The molecule has 1 aliphatic heterocycles. The minimum Gasteiger partial charge on any atom is -0.468 e. The van der Waals surface area contributed by atoms with Crippen LogP contribution in [0.1, 0.15) is 11.1 Å². The molecule has 1 aliphatic rings. The summed E-state index contributed by atoms with van der Waals surface area (Å²) >= 11 is 0.721. The molecule has 1 fully saturated rings. The number of hydrogen-bond donors (Lipinski definition) is 2. The summed E-state index contributed by atoms with van der Waals surface area (Å²) in [6.07, 6.45) is 1.66. The number of amides is 2. The van der Waals surface area contributed by atoms with E-state index >= 15 is 0 Å². The lowest BCUT2D eigenvalue weighted by Crippen LogP contribution is -2.33. The number of esters is 1. The van der Waals surface area contributed by atoms with Crippen molar-refractivity contribution >= 4 is 53.0 Å². The lowest BCUT2D eigenvalue weighted by molar-refractivity contribution is -0.385. The average molecular weight is 480 g/mol. The zero-order valence-corrected chi connectivity index (χ0v) is 18.2. The molecule has 0 saturated carbocycles. The van der Waals surface area contributed by atoms with Gasteiger partial charge in [0.15, 0.2) is 0 Å². The first-order chi connectivity index (χ1) is 14.8. The predicted molar refractivity (Wildman–Crippen MR) is 120 cm³/mol. The molecule has 1 heterocycles. The van der Waals surface area contributed by atoms with Gasteiger partial charge in [0, 0.05) is 6.07 Å². The van der Waals surface area contributed by atoms with Gasteiger partial charge in [-0.05, 0) is 53.6 Å². The van der Waals surface area contributed by atoms with Crippen molar-refractivity contribution in [3.63, 3.8) is 0 Å². The molecule has 32 heavy (non-hydrogen) atoms. The molecular formula is C20H18ClN3O7S. The largest absolute Gasteiger partial charge is 0.468 e. The topological polar surface area (TPSA) is 151 Å². The quantitative estimate of drug-likeness (QED) is 0.264. The molecule has 3 rings (SSSR count). The van der Waals surface area contributed by atoms with Crippen LogP contribution in [0.15, 0.2) is 47.4 Å². The van der Waals surface area contributed by atoms with Crippen molar-refractivity contribution in [3.05, 3.63) is 68.6 Å². The number of benzene rings is 2. The molecule has 0 aliphatic carbocycles. The molecule has 12 heteroatoms. The molecule has 0 radical (unpaired) electrons. The van der Waals surface area contributed by atoms with Crippen molar-refractivity contribution in [2.75, 3.05) is 7.11 Å². The molecule has 168 valence electrons. The normalized spacial score (nSPS) is 15.0. The van der Waals surface area contributed by atoms with Gasteiger partial charge in [-0.15, -0.1) is 12.4 Å². The van der Waals surface area contributed by atoms with Crippen LogP contribution in [0.25, 0.3) is 6.08 Å². The Hall–Kier alpha value is -3.41. The maximum atomic E-state index is 11.7. The van der Waals surface area contributed by atoms with Crippen LogP contribution in [0, 0.1) is 10.1 Å². The number of nitrogens with two attached hydrogens (primary N) is 1. The number of ether oxygens (including phenoxy) is 2. The molecule has 1 atom stereocenters. The second-order valence-corrected chi connectivity index (χ2v) is 7.43. The van der Waals surface area contributed by atoms with Crippen LogP contribution in [0.2, 0.25) is 0 Å². The maximum Gasteiger partial charge on any atom is 0.322 e. The molecule has 2 amide bonds. The summed E-state index contributed by atoms with van der Waals surface area (Å²) in [6, 6.07) is 9.98. The third-order valence-corrected chi connectivity index (χ3v) is 5.04. The number of hydrogen-bond acceptors (Lipinski definition) is 9. The first kappa shape index (κ1) is 24.9. The number of nitrogens with zero attached hydrogens (tertiary/aromatic N) is 1. The molecule has 0 spiro atoms. The summed E-state index contributed by atoms with van der Waals surface area (Å²) in [5.41, 5.74) is 6.57. The van der Waals surface area contributed by atoms with E-state index in [2.05, 4.69) is 10.1 Å². The smallest absolute Gasteiger partial charge is 0.322 e. The highest BCUT2D eigenvalue weighted by Gasteiger charge is 2.25. The molecule has 0 bridgehead atoms. The molecule has 10 nitrogen and oxygen atoms in total. The van der Waals surface area contributed by atoms with Gasteiger partial charge in [0.1, 0.15) is 11.8 Å². The Balaban J connectivity index is 0.00000363. The number of thioether (sulfide) groups is 1. The van der Waals surface area contributed by atoms with Gasteiger partial charge in [-0.1, -0.05) is 18.2 Å². The number of nitrogens with one attached hydrogen (secondary N) is 1. The number of carbonyl (C=O) groups is 3. The van der Waals surface area contributed by atoms with E-state index in [1.54, 1.807) is 24.3 Å². The monoisotopic (exact) mass is 479 g/mol. The Kier molecular flexibility index (Phi) is 8.35. The number of imide groups is 1. The Morgan fingerprint density at radius 1 is 1.25 bits per heavy atom. The fourth-order valence-corrected chi connectivity index (χ4v) is 3.42. The van der Waals surface area contributed by atoms with Gasteiger partial charge in [0.05, 0.1) is 16.9 Å². The number of rotatable bonds is 7. The fourth-order valence-electron chi connectivity index (χ4n) is 2.73. The lowest BCUT2D eigenvalue weighted by Gasteiger charge is -2.10. The molecule has 2 aromatic rings. The molecule has 0 aromatic heterocycles. The minimum atomic E-state index is -0.796. The van der Waals surface area contributed by atoms with Crippen LogP contribution in [0.4, 0.5) is 10.5 Å². The second-order valence-electron chi connectivity index (χ2n) is 6.42. The van der Waals surface area contributed by atoms with Crippen molar-refractivity contribution in [1.29, 1.82) is 0 Å². The minimum absolute atomic E-state index is 0. The number of nitro benzene ring substituents is 1. The number of halogens is 1. The van der Waals surface area contributed by atoms with Gasteiger partial charge in [-0.3, -0.25) is 29.8 Å². The summed E-state index contributed by atoms with van der Waals surface area (Å²) in [7, 11) is 1.26. The SMILES string of the molecule is COC(=O)[C@@H](N)Cc1ccc(Oc2ccc(/C=C3/SC(=O)NC3=O)cc2[N+](=O)[O-])cc1.Cl. The van der Waals surface area contributed by atoms with E-state index in [0.29, 0.717) is 11.3 Å². The highest BCUT2D eigenvalue weighted by atomic mass is 35.5. The Bertz CT molecular complexity index is 1090. The van der Waals surface area contributed by atoms with Crippen LogP contribution in [-0.4, -0.2) is 35.2 Å². The second kappa shape index (κ2) is 10.8. The van der Waals surface area contributed by atoms with E-state index < -0.39 is 28.1 Å². The Labute approximate surface area is 192 Å². The predicted octanol–water partition coefficient (Wildman–Crippen LogP) is 3.18. The highest BCUT2D eigenvalue weighted by Crippen LogP contribution is 2.34. The van der Waals surface area contributed by atoms with Gasteiger partial charge in [0.2, 0.25) is 5.75 Å². The summed E-state index contributed by atoms with van der Waals surface area (Å²) in [4.78, 5) is 45.4. The first-order valence-corrected chi connectivity index (χ1v) is 9.72. The van der Waals surface area contributed by atoms with Crippen LogP contribution in [0.3, 0.4) is 0 Å². The highest BCUT2D eigenvalue weighted by molar-refractivity contribution is 8.18. The lowest BCUT2D eigenvalue weighted by atomic mass is 10.1. The van der Waals surface area contributed by atoms with E-state index in [1.807, 2.05) is 0 Å². The zero-order valence-electron chi connectivity index (χ0n) is 16.6. The summed E-state index contributed by atoms with van der Waals surface area (Å²) in [6.45, 7) is 0. The van der Waals surface area contributed by atoms with Crippen LogP contribution < -0.4 is 15.8 Å². The Morgan fingerprint density at radius 2 is 1.94 bits per heavy atom. The van der Waals surface area contributed by atoms with Crippen molar-refractivity contribution in [2.24, 2.45) is 5.73 Å². The number of nitro groups is 1. The molecule has 2 aromatic carbocycles. The number of carbonyl (C=O) groups excluding carboxylic acids is 3. The van der Waals surface area contributed by atoms with Gasteiger partial charge < -0.3 is 15.2 Å². The maximum absolute atomic E-state index is 11.7. The molecule has 3 N–H and O–H groups in total. The van der Waals surface area contributed by atoms with E-state index in [1.165, 1.54) is 31.4 Å². The van der Waals surface area contributed by atoms with Crippen LogP contribution >= 0.6 is 24.2 Å². The van der Waals surface area contributed by atoms with Gasteiger partial charge in [-0.25, -0.2) is 0 Å². The van der Waals surface area contributed by atoms with Crippen molar-refractivity contribution < 1.29 is 28.8 Å². The summed E-state index contributed by atoms with van der Waals surface area (Å²) < 4.78 is 10.2. The van der Waals surface area contributed by atoms with E-state index in [9.17, 15) is 24.5 Å². The Morgan fingerprint density at radius 3 is 2.50 bits per heavy atom. The van der Waals surface area contributed by atoms with E-state index in [-0.39, 0.29) is 35.2 Å². The molecular weight excluding hydrogens is 462 g/mol. The first-order valence-electron chi connectivity index (χ1n) is 8.90. The molecule has 0 unspecified atom stereocenters. The van der Waals surface area contributed by atoms with E-state index in [4.69, 9.17) is 10.5 Å². The van der Waals surface area contributed by atoms with E-state index in [0.717, 1.165) is 17.3 Å². The van der Waals surface area contributed by atoms with Crippen LogP contribution in [-0.2, 0) is 20.7 Å². The third kappa shape index (κ3) is 6.06. The van der Waals surface area contributed by atoms with Gasteiger partial charge in [-0.2, -0.15) is 0 Å². The van der Waals surface area contributed by atoms with Crippen molar-refractivity contribution in [3.8, 4) is 11.5 Å².